The minimum absolute atomic E-state index is 0.481. The van der Waals surface area contributed by atoms with Gasteiger partial charge in [0.1, 0.15) is 11.6 Å². The summed E-state index contributed by atoms with van der Waals surface area (Å²) in [6, 6.07) is 11.4. The van der Waals surface area contributed by atoms with Gasteiger partial charge in [-0.25, -0.2) is 4.98 Å². The molecular weight excluding hydrogens is 418 g/mol. The second-order valence-corrected chi connectivity index (χ2v) is 7.16. The number of ether oxygens (including phenoxy) is 1. The zero-order valence-corrected chi connectivity index (χ0v) is 16.1. The molecule has 2 heterocycles. The zero-order chi connectivity index (χ0) is 18.1. The van der Waals surface area contributed by atoms with E-state index in [4.69, 9.17) is 16.3 Å². The lowest BCUT2D eigenvalue weighted by Gasteiger charge is -2.12. The molecule has 0 unspecified atom stereocenters. The van der Waals surface area contributed by atoms with Crippen LogP contribution in [0.25, 0.3) is 0 Å². The lowest BCUT2D eigenvalue weighted by Crippen LogP contribution is -2.03. The number of nitrogens with one attached hydrogen (secondary N) is 3. The van der Waals surface area contributed by atoms with Gasteiger partial charge in [-0.05, 0) is 43.3 Å². The van der Waals surface area contributed by atoms with Crippen LogP contribution in [-0.2, 0) is 0 Å². The van der Waals surface area contributed by atoms with Crippen LogP contribution in [0.5, 0.6) is 5.75 Å². The van der Waals surface area contributed by atoms with Crippen LogP contribution in [0.2, 0.25) is 5.02 Å². The number of benzene rings is 2. The number of fused-ring (bicyclic) bond motifs is 1. The van der Waals surface area contributed by atoms with Gasteiger partial charge in [0.05, 0.1) is 5.69 Å². The number of halogens is 2. The summed E-state index contributed by atoms with van der Waals surface area (Å²) in [5, 5.41) is 10.3. The molecule has 1 aromatic heterocycles. The van der Waals surface area contributed by atoms with Gasteiger partial charge in [-0.2, -0.15) is 4.98 Å². The Morgan fingerprint density at radius 1 is 1.15 bits per heavy atom. The SMILES string of the molecule is Cc1cnc(Nc2cc(Cl)cc(Br)c2)nc1Nc1ccc2c(c1)NCO2. The summed E-state index contributed by atoms with van der Waals surface area (Å²) >= 11 is 9.51. The monoisotopic (exact) mass is 431 g/mol. The van der Waals surface area contributed by atoms with Gasteiger partial charge in [-0.15, -0.1) is 0 Å². The van der Waals surface area contributed by atoms with Crippen molar-refractivity contribution in [3.8, 4) is 5.75 Å². The summed E-state index contributed by atoms with van der Waals surface area (Å²) < 4.78 is 6.32. The lowest BCUT2D eigenvalue weighted by molar-refractivity contribution is 0.372. The standard InChI is InChI=1S/C18H15BrClN5O/c1-10-8-21-18(24-14-5-11(19)4-12(20)6-14)25-17(10)23-13-2-3-16-15(7-13)22-9-26-16/h2-8,22H,9H2,1H3,(H2,21,23,24,25). The minimum atomic E-state index is 0.481. The fraction of sp³-hybridized carbons (Fsp3) is 0.111. The van der Waals surface area contributed by atoms with Gasteiger partial charge < -0.3 is 20.7 Å². The Hall–Kier alpha value is -2.51. The molecule has 0 fully saturated rings. The molecule has 3 N–H and O–H groups in total. The Balaban J connectivity index is 1.58. The molecule has 132 valence electrons. The highest BCUT2D eigenvalue weighted by Crippen LogP contribution is 2.33. The van der Waals surface area contributed by atoms with E-state index < -0.39 is 0 Å². The molecule has 3 aromatic rings. The second-order valence-electron chi connectivity index (χ2n) is 5.81. The molecule has 6 nitrogen and oxygen atoms in total. The first-order chi connectivity index (χ1) is 12.6. The lowest BCUT2D eigenvalue weighted by atomic mass is 10.2. The van der Waals surface area contributed by atoms with Gasteiger partial charge in [0, 0.05) is 32.6 Å². The van der Waals surface area contributed by atoms with Crippen LogP contribution < -0.4 is 20.7 Å². The molecule has 1 aliphatic heterocycles. The number of hydrogen-bond acceptors (Lipinski definition) is 6. The topological polar surface area (TPSA) is 71.1 Å². The predicted molar refractivity (Wildman–Crippen MR) is 108 cm³/mol. The smallest absolute Gasteiger partial charge is 0.229 e. The number of aryl methyl sites for hydroxylation is 1. The maximum atomic E-state index is 6.09. The average molecular weight is 433 g/mol. The Kier molecular flexibility index (Phi) is 4.57. The highest BCUT2D eigenvalue weighted by Gasteiger charge is 2.12. The van der Waals surface area contributed by atoms with Gasteiger partial charge in [0.25, 0.3) is 0 Å². The van der Waals surface area contributed by atoms with Crippen LogP contribution in [0.4, 0.5) is 28.8 Å². The van der Waals surface area contributed by atoms with Crippen molar-refractivity contribution < 1.29 is 4.74 Å². The molecule has 0 bridgehead atoms. The molecular formula is C18H15BrClN5O. The van der Waals surface area contributed by atoms with Crippen molar-refractivity contribution in [2.24, 2.45) is 0 Å². The second kappa shape index (κ2) is 7.01. The van der Waals surface area contributed by atoms with E-state index in [1.54, 1.807) is 6.20 Å². The Morgan fingerprint density at radius 3 is 2.88 bits per heavy atom. The fourth-order valence-corrected chi connectivity index (χ4v) is 3.44. The molecule has 0 amide bonds. The summed E-state index contributed by atoms with van der Waals surface area (Å²) in [7, 11) is 0. The molecule has 0 saturated heterocycles. The largest absolute Gasteiger partial charge is 0.471 e. The quantitative estimate of drug-likeness (QED) is 0.509. The first-order valence-electron chi connectivity index (χ1n) is 7.91. The van der Waals surface area contributed by atoms with Crippen molar-refractivity contribution in [2.45, 2.75) is 6.92 Å². The van der Waals surface area contributed by atoms with Crippen molar-refractivity contribution in [1.29, 1.82) is 0 Å². The fourth-order valence-electron chi connectivity index (χ4n) is 2.58. The van der Waals surface area contributed by atoms with E-state index in [-0.39, 0.29) is 0 Å². The molecule has 0 saturated carbocycles. The van der Waals surface area contributed by atoms with Gasteiger partial charge in [0.2, 0.25) is 5.95 Å². The highest BCUT2D eigenvalue weighted by atomic mass is 79.9. The molecule has 4 rings (SSSR count). The van der Waals surface area contributed by atoms with Crippen molar-refractivity contribution in [3.05, 3.63) is 57.7 Å². The van der Waals surface area contributed by atoms with E-state index in [2.05, 4.69) is 41.8 Å². The summed E-state index contributed by atoms with van der Waals surface area (Å²) in [6.45, 7) is 2.45. The summed E-state index contributed by atoms with van der Waals surface area (Å²) in [4.78, 5) is 8.91. The summed E-state index contributed by atoms with van der Waals surface area (Å²) in [5.74, 6) is 2.06. The highest BCUT2D eigenvalue weighted by molar-refractivity contribution is 9.10. The molecule has 0 spiro atoms. The van der Waals surface area contributed by atoms with E-state index in [0.717, 1.165) is 38.7 Å². The van der Waals surface area contributed by atoms with Crippen LogP contribution >= 0.6 is 27.5 Å². The van der Waals surface area contributed by atoms with Crippen LogP contribution in [0.1, 0.15) is 5.56 Å². The van der Waals surface area contributed by atoms with Crippen molar-refractivity contribution in [2.75, 3.05) is 22.7 Å². The van der Waals surface area contributed by atoms with E-state index in [0.29, 0.717) is 17.7 Å². The molecule has 0 radical (unpaired) electrons. The first-order valence-corrected chi connectivity index (χ1v) is 9.08. The molecule has 8 heteroatoms. The zero-order valence-electron chi connectivity index (χ0n) is 13.8. The Labute approximate surface area is 164 Å². The van der Waals surface area contributed by atoms with Gasteiger partial charge in [0.15, 0.2) is 6.73 Å². The van der Waals surface area contributed by atoms with Crippen molar-refractivity contribution >= 4 is 56.4 Å². The van der Waals surface area contributed by atoms with Gasteiger partial charge in [-0.3, -0.25) is 0 Å². The number of aromatic nitrogens is 2. The van der Waals surface area contributed by atoms with Crippen molar-refractivity contribution in [1.82, 2.24) is 9.97 Å². The van der Waals surface area contributed by atoms with E-state index in [1.165, 1.54) is 0 Å². The van der Waals surface area contributed by atoms with E-state index >= 15 is 0 Å². The van der Waals surface area contributed by atoms with Crippen LogP contribution in [-0.4, -0.2) is 16.7 Å². The van der Waals surface area contributed by atoms with E-state index in [9.17, 15) is 0 Å². The maximum absolute atomic E-state index is 6.09. The van der Waals surface area contributed by atoms with E-state index in [1.807, 2.05) is 43.3 Å². The normalized spacial score (nSPS) is 12.1. The molecule has 1 aliphatic rings. The van der Waals surface area contributed by atoms with Crippen LogP contribution in [0.3, 0.4) is 0 Å². The molecule has 2 aromatic carbocycles. The molecule has 0 atom stereocenters. The summed E-state index contributed by atoms with van der Waals surface area (Å²) in [6.07, 6.45) is 1.77. The number of nitrogens with zero attached hydrogens (tertiary/aromatic N) is 2. The third-order valence-corrected chi connectivity index (χ3v) is 4.50. The first kappa shape index (κ1) is 16.9. The van der Waals surface area contributed by atoms with Crippen LogP contribution in [0, 0.1) is 6.92 Å². The Morgan fingerprint density at radius 2 is 2.04 bits per heavy atom. The number of anilines is 5. The van der Waals surface area contributed by atoms with Crippen LogP contribution in [0.15, 0.2) is 47.1 Å². The molecule has 0 aliphatic carbocycles. The minimum Gasteiger partial charge on any atom is -0.471 e. The number of rotatable bonds is 4. The Bertz CT molecular complexity index is 962. The van der Waals surface area contributed by atoms with Crippen molar-refractivity contribution in [3.63, 3.8) is 0 Å². The number of hydrogen-bond donors (Lipinski definition) is 3. The third kappa shape index (κ3) is 3.68. The predicted octanol–water partition coefficient (Wildman–Crippen LogP) is 5.45. The average Bonchev–Trinajstić information content (AvgIpc) is 3.05. The maximum Gasteiger partial charge on any atom is 0.229 e. The summed E-state index contributed by atoms with van der Waals surface area (Å²) in [5.41, 5.74) is 3.62. The third-order valence-electron chi connectivity index (χ3n) is 3.82. The molecule has 26 heavy (non-hydrogen) atoms. The van der Waals surface area contributed by atoms with Gasteiger partial charge >= 0.3 is 0 Å². The van der Waals surface area contributed by atoms with Gasteiger partial charge in [-0.1, -0.05) is 27.5 Å².